The fourth-order valence-electron chi connectivity index (χ4n) is 1.08. The summed E-state index contributed by atoms with van der Waals surface area (Å²) in [5.41, 5.74) is 0.434. The lowest BCUT2D eigenvalue weighted by Crippen LogP contribution is -2.43. The number of nitrogens with one attached hydrogen (secondary N) is 1. The lowest BCUT2D eigenvalue weighted by molar-refractivity contribution is 0.0234. The van der Waals surface area contributed by atoms with E-state index in [1.165, 1.54) is 0 Å². The molecule has 0 unspecified atom stereocenters. The Morgan fingerprint density at radius 1 is 1.64 bits per heavy atom. The van der Waals surface area contributed by atoms with Crippen molar-refractivity contribution < 1.29 is 15.3 Å². The third-order valence-corrected chi connectivity index (χ3v) is 1.78. The summed E-state index contributed by atoms with van der Waals surface area (Å²) in [7, 11) is 0. The minimum atomic E-state index is -0.934. The molecule has 1 aliphatic rings. The maximum Gasteiger partial charge on any atom is 0.107 e. The van der Waals surface area contributed by atoms with Crippen LogP contribution in [0.2, 0.25) is 0 Å². The highest BCUT2D eigenvalue weighted by Gasteiger charge is 2.26. The molecule has 0 saturated carbocycles. The second-order valence-electron chi connectivity index (χ2n) is 2.74. The lowest BCUT2D eigenvalue weighted by Gasteiger charge is -2.27. The van der Waals surface area contributed by atoms with Gasteiger partial charge in [0.25, 0.3) is 0 Å². The molecule has 64 valence electrons. The van der Waals surface area contributed by atoms with E-state index >= 15 is 0 Å². The Morgan fingerprint density at radius 3 is 2.73 bits per heavy atom. The van der Waals surface area contributed by atoms with Gasteiger partial charge in [-0.15, -0.1) is 0 Å². The molecule has 0 aliphatic carbocycles. The van der Waals surface area contributed by atoms with Crippen molar-refractivity contribution in [2.75, 3.05) is 6.54 Å². The maximum atomic E-state index is 9.29. The van der Waals surface area contributed by atoms with Crippen molar-refractivity contribution in [1.29, 1.82) is 0 Å². The van der Waals surface area contributed by atoms with Crippen molar-refractivity contribution in [2.45, 2.75) is 25.2 Å². The molecule has 4 N–H and O–H groups in total. The molecule has 0 amide bonds. The summed E-state index contributed by atoms with van der Waals surface area (Å²) < 4.78 is 0. The molecule has 1 aliphatic heterocycles. The van der Waals surface area contributed by atoms with Crippen LogP contribution in [0.15, 0.2) is 11.8 Å². The van der Waals surface area contributed by atoms with Crippen LogP contribution in [-0.2, 0) is 0 Å². The van der Waals surface area contributed by atoms with E-state index in [0.29, 0.717) is 12.1 Å². The van der Waals surface area contributed by atoms with Crippen molar-refractivity contribution in [2.24, 2.45) is 0 Å². The second-order valence-corrected chi connectivity index (χ2v) is 2.74. The molecule has 0 aromatic carbocycles. The number of hydrogen-bond donors (Lipinski definition) is 4. The molecule has 0 spiro atoms. The van der Waals surface area contributed by atoms with Crippen LogP contribution in [0.25, 0.3) is 0 Å². The number of aliphatic hydroxyl groups excluding tert-OH is 3. The van der Waals surface area contributed by atoms with Gasteiger partial charge in [0.1, 0.15) is 12.2 Å². The zero-order valence-corrected chi connectivity index (χ0v) is 6.36. The summed E-state index contributed by atoms with van der Waals surface area (Å²) in [4.78, 5) is 0. The first kappa shape index (κ1) is 8.52. The molecule has 3 atom stereocenters. The van der Waals surface area contributed by atoms with E-state index in [1.807, 2.05) is 0 Å². The third kappa shape index (κ3) is 1.71. The molecular formula is C7H13NO3. The van der Waals surface area contributed by atoms with Gasteiger partial charge >= 0.3 is 0 Å². The zero-order valence-electron chi connectivity index (χ0n) is 6.36. The van der Waals surface area contributed by atoms with Crippen molar-refractivity contribution in [3.63, 3.8) is 0 Å². The van der Waals surface area contributed by atoms with Crippen LogP contribution < -0.4 is 5.32 Å². The minimum Gasteiger partial charge on any atom is -0.389 e. The first-order valence-electron chi connectivity index (χ1n) is 3.60. The Hall–Kier alpha value is -0.580. The van der Waals surface area contributed by atoms with Crippen LogP contribution in [0.1, 0.15) is 6.92 Å². The molecule has 4 nitrogen and oxygen atoms in total. The first-order chi connectivity index (χ1) is 5.13. The number of aliphatic hydroxyl groups is 3. The van der Waals surface area contributed by atoms with Gasteiger partial charge in [-0.3, -0.25) is 0 Å². The van der Waals surface area contributed by atoms with E-state index in [-0.39, 0.29) is 0 Å². The average molecular weight is 159 g/mol. The monoisotopic (exact) mass is 159 g/mol. The molecule has 0 fully saturated rings. The molecule has 1 heterocycles. The van der Waals surface area contributed by atoms with E-state index in [9.17, 15) is 5.11 Å². The molecule has 0 saturated heterocycles. The van der Waals surface area contributed by atoms with E-state index < -0.39 is 18.3 Å². The van der Waals surface area contributed by atoms with Gasteiger partial charge < -0.3 is 20.6 Å². The van der Waals surface area contributed by atoms with Crippen molar-refractivity contribution in [1.82, 2.24) is 5.32 Å². The topological polar surface area (TPSA) is 72.7 Å². The zero-order chi connectivity index (χ0) is 8.43. The minimum absolute atomic E-state index is 0.331. The van der Waals surface area contributed by atoms with E-state index in [0.717, 1.165) is 0 Å². The third-order valence-electron chi connectivity index (χ3n) is 1.78. The quantitative estimate of drug-likeness (QED) is 0.379. The first-order valence-corrected chi connectivity index (χ1v) is 3.60. The van der Waals surface area contributed by atoms with E-state index in [2.05, 4.69) is 5.32 Å². The molecule has 4 heteroatoms. The van der Waals surface area contributed by atoms with Gasteiger partial charge in [0.15, 0.2) is 0 Å². The molecule has 1 rings (SSSR count). The second kappa shape index (κ2) is 3.21. The van der Waals surface area contributed by atoms with Gasteiger partial charge in [-0.2, -0.15) is 0 Å². The summed E-state index contributed by atoms with van der Waals surface area (Å²) in [6.45, 7) is 1.88. The molecule has 11 heavy (non-hydrogen) atoms. The summed E-state index contributed by atoms with van der Waals surface area (Å²) in [6.07, 6.45) is -0.921. The lowest BCUT2D eigenvalue weighted by atomic mass is 9.99. The SMILES string of the molecule is C[C@H](O)C1=CNC[C@@H](O)[C@@H]1O. The largest absolute Gasteiger partial charge is 0.389 e. The Labute approximate surface area is 65.2 Å². The molecular weight excluding hydrogens is 146 g/mol. The van der Waals surface area contributed by atoms with Gasteiger partial charge in [0.05, 0.1) is 6.10 Å². The maximum absolute atomic E-state index is 9.29. The average Bonchev–Trinajstić information content (AvgIpc) is 1.94. The Bertz CT molecular complexity index is 167. The fraction of sp³-hybridized carbons (Fsp3) is 0.714. The van der Waals surface area contributed by atoms with Gasteiger partial charge in [0.2, 0.25) is 0 Å². The molecule has 0 aromatic heterocycles. The summed E-state index contributed by atoms with van der Waals surface area (Å²) >= 11 is 0. The van der Waals surface area contributed by atoms with Crippen LogP contribution in [0, 0.1) is 0 Å². The molecule has 0 radical (unpaired) electrons. The Kier molecular flexibility index (Phi) is 2.49. The van der Waals surface area contributed by atoms with E-state index in [1.54, 1.807) is 13.1 Å². The van der Waals surface area contributed by atoms with Crippen LogP contribution in [0.3, 0.4) is 0 Å². The Balaban J connectivity index is 2.70. The smallest absolute Gasteiger partial charge is 0.107 e. The number of β-amino-alcohol motifs (C(OH)–C–C–N with tert-alkyl or cyclic N) is 1. The predicted octanol–water partition coefficient (Wildman–Crippen LogP) is -1.42. The highest BCUT2D eigenvalue weighted by molar-refractivity contribution is 5.16. The van der Waals surface area contributed by atoms with Gasteiger partial charge in [-0.05, 0) is 6.92 Å². The van der Waals surface area contributed by atoms with Gasteiger partial charge in [-0.1, -0.05) is 0 Å². The van der Waals surface area contributed by atoms with E-state index in [4.69, 9.17) is 10.2 Å². The van der Waals surface area contributed by atoms with Crippen molar-refractivity contribution >= 4 is 0 Å². The predicted molar refractivity (Wildman–Crippen MR) is 39.8 cm³/mol. The highest BCUT2D eigenvalue weighted by atomic mass is 16.3. The fourth-order valence-corrected chi connectivity index (χ4v) is 1.08. The number of hydrogen-bond acceptors (Lipinski definition) is 4. The normalized spacial score (nSPS) is 34.0. The summed E-state index contributed by atoms with van der Waals surface area (Å²) in [6, 6.07) is 0. The number of rotatable bonds is 1. The summed E-state index contributed by atoms with van der Waals surface area (Å²) in [5.74, 6) is 0. The van der Waals surface area contributed by atoms with Crippen LogP contribution >= 0.6 is 0 Å². The van der Waals surface area contributed by atoms with Crippen LogP contribution in [0.5, 0.6) is 0 Å². The van der Waals surface area contributed by atoms with Crippen molar-refractivity contribution in [3.8, 4) is 0 Å². The van der Waals surface area contributed by atoms with Crippen LogP contribution in [0.4, 0.5) is 0 Å². The van der Waals surface area contributed by atoms with Gasteiger partial charge in [-0.25, -0.2) is 0 Å². The van der Waals surface area contributed by atoms with Gasteiger partial charge in [0, 0.05) is 18.3 Å². The van der Waals surface area contributed by atoms with Crippen molar-refractivity contribution in [3.05, 3.63) is 11.8 Å². The Morgan fingerprint density at radius 2 is 2.27 bits per heavy atom. The molecule has 0 aromatic rings. The summed E-state index contributed by atoms with van der Waals surface area (Å²) in [5, 5.41) is 30.3. The van der Waals surface area contributed by atoms with Crippen LogP contribution in [-0.4, -0.2) is 40.2 Å². The highest BCUT2D eigenvalue weighted by Crippen LogP contribution is 2.13. The standard InChI is InChI=1S/C7H13NO3/c1-4(9)5-2-8-3-6(10)7(5)11/h2,4,6-11H,3H2,1H3/t4-,6+,7+/m0/s1. The molecule has 0 bridgehead atoms.